The normalized spacial score (nSPS) is 21.2. The molecule has 138 valence electrons. The summed E-state index contributed by atoms with van der Waals surface area (Å²) in [5.41, 5.74) is 8.57. The predicted molar refractivity (Wildman–Crippen MR) is 106 cm³/mol. The largest absolute Gasteiger partial charge is 0.461 e. The number of Topliss-reactive ketones (excluding diaryl/α,β-unsaturated/α-hetero) is 1. The summed E-state index contributed by atoms with van der Waals surface area (Å²) in [6, 6.07) is 15.3. The quantitative estimate of drug-likeness (QED) is 0.736. The van der Waals surface area contributed by atoms with Crippen LogP contribution in [0, 0.1) is 0 Å². The van der Waals surface area contributed by atoms with Gasteiger partial charge in [0.1, 0.15) is 11.2 Å². The molecule has 2 aromatic carbocycles. The van der Waals surface area contributed by atoms with Gasteiger partial charge < -0.3 is 10.2 Å². The first-order valence-corrected chi connectivity index (χ1v) is 9.70. The lowest BCUT2D eigenvalue weighted by Crippen LogP contribution is -2.55. The van der Waals surface area contributed by atoms with E-state index in [0.29, 0.717) is 23.3 Å². The number of ether oxygens (including phenoxy) is 1. The maximum absolute atomic E-state index is 13.5. The number of esters is 1. The molecule has 1 aliphatic heterocycles. The number of hydrogen-bond acceptors (Lipinski definition) is 5. The van der Waals surface area contributed by atoms with Crippen molar-refractivity contribution in [3.05, 3.63) is 75.4 Å². The second-order valence-corrected chi connectivity index (χ2v) is 7.53. The van der Waals surface area contributed by atoms with Gasteiger partial charge in [-0.3, -0.25) is 4.79 Å². The molecule has 1 heterocycles. The van der Waals surface area contributed by atoms with Crippen molar-refractivity contribution < 1.29 is 14.3 Å². The van der Waals surface area contributed by atoms with Crippen LogP contribution in [0.3, 0.4) is 0 Å². The molecule has 4 rings (SSSR count). The molecule has 0 bridgehead atoms. The minimum Gasteiger partial charge on any atom is -0.461 e. The number of nitrogens with one attached hydrogen (secondary N) is 2. The first-order chi connectivity index (χ1) is 13.1. The topological polar surface area (TPSA) is 67.4 Å². The lowest BCUT2D eigenvalue weighted by atomic mass is 9.71. The summed E-state index contributed by atoms with van der Waals surface area (Å²) in [5.74, 6) is -0.500. The summed E-state index contributed by atoms with van der Waals surface area (Å²) in [4.78, 5) is 26.1. The van der Waals surface area contributed by atoms with E-state index in [2.05, 4.69) is 26.8 Å². The number of ketones is 1. The molecule has 0 saturated carbocycles. The highest BCUT2D eigenvalue weighted by atomic mass is 79.9. The number of hydrazine groups is 1. The summed E-state index contributed by atoms with van der Waals surface area (Å²) in [5, 5.41) is 0. The smallest absolute Gasteiger partial charge is 0.356 e. The van der Waals surface area contributed by atoms with Crippen molar-refractivity contribution in [2.24, 2.45) is 0 Å². The summed E-state index contributed by atoms with van der Waals surface area (Å²) in [7, 11) is 0. The molecule has 27 heavy (non-hydrogen) atoms. The Morgan fingerprint density at radius 3 is 2.67 bits per heavy atom. The SMILES string of the molecule is CCOC(=O)C1=C(c2ccc(Br)cc2)[C@@]2(CCc3ccccc3C2=O)NN1. The lowest BCUT2D eigenvalue weighted by Gasteiger charge is -2.35. The van der Waals surface area contributed by atoms with Crippen molar-refractivity contribution in [1.29, 1.82) is 0 Å². The average Bonchev–Trinajstić information content (AvgIpc) is 3.06. The zero-order valence-electron chi connectivity index (χ0n) is 14.8. The Morgan fingerprint density at radius 1 is 1.19 bits per heavy atom. The Labute approximate surface area is 165 Å². The maximum atomic E-state index is 13.5. The highest BCUT2D eigenvalue weighted by Crippen LogP contribution is 2.42. The summed E-state index contributed by atoms with van der Waals surface area (Å²) >= 11 is 3.44. The summed E-state index contributed by atoms with van der Waals surface area (Å²) < 4.78 is 6.15. The first-order valence-electron chi connectivity index (χ1n) is 8.90. The van der Waals surface area contributed by atoms with Crippen LogP contribution in [0.1, 0.15) is 34.8 Å². The highest BCUT2D eigenvalue weighted by molar-refractivity contribution is 9.10. The molecule has 1 spiro atoms. The molecule has 0 unspecified atom stereocenters. The molecule has 1 aliphatic carbocycles. The Kier molecular flexibility index (Phi) is 4.61. The fourth-order valence-corrected chi connectivity index (χ4v) is 4.12. The fourth-order valence-electron chi connectivity index (χ4n) is 3.85. The van der Waals surface area contributed by atoms with E-state index >= 15 is 0 Å². The zero-order chi connectivity index (χ0) is 19.0. The molecule has 0 radical (unpaired) electrons. The molecule has 2 N–H and O–H groups in total. The van der Waals surface area contributed by atoms with Crippen LogP contribution in [0.2, 0.25) is 0 Å². The maximum Gasteiger partial charge on any atom is 0.356 e. The number of fused-ring (bicyclic) bond motifs is 1. The molecular weight excluding hydrogens is 408 g/mol. The van der Waals surface area contributed by atoms with Gasteiger partial charge >= 0.3 is 5.97 Å². The predicted octanol–water partition coefficient (Wildman–Crippen LogP) is 3.40. The summed E-state index contributed by atoms with van der Waals surface area (Å²) in [6.07, 6.45) is 1.30. The van der Waals surface area contributed by atoms with Crippen molar-refractivity contribution >= 4 is 33.3 Å². The van der Waals surface area contributed by atoms with Gasteiger partial charge in [0, 0.05) is 15.6 Å². The number of carbonyl (C=O) groups is 2. The van der Waals surface area contributed by atoms with E-state index in [1.165, 1.54) is 0 Å². The second kappa shape index (κ2) is 6.94. The number of halogens is 1. The van der Waals surface area contributed by atoms with E-state index in [-0.39, 0.29) is 12.4 Å². The van der Waals surface area contributed by atoms with Crippen LogP contribution in [0.25, 0.3) is 5.57 Å². The first kappa shape index (κ1) is 17.9. The van der Waals surface area contributed by atoms with E-state index in [0.717, 1.165) is 22.0 Å². The third-order valence-electron chi connectivity index (χ3n) is 5.11. The van der Waals surface area contributed by atoms with E-state index in [1.54, 1.807) is 6.92 Å². The Morgan fingerprint density at radius 2 is 1.93 bits per heavy atom. The molecule has 2 aromatic rings. The van der Waals surface area contributed by atoms with E-state index in [4.69, 9.17) is 4.74 Å². The average molecular weight is 427 g/mol. The van der Waals surface area contributed by atoms with E-state index < -0.39 is 11.5 Å². The van der Waals surface area contributed by atoms with Crippen molar-refractivity contribution in [2.75, 3.05) is 6.61 Å². The van der Waals surface area contributed by atoms with Crippen LogP contribution in [0.4, 0.5) is 0 Å². The van der Waals surface area contributed by atoms with Crippen LogP contribution >= 0.6 is 15.9 Å². The lowest BCUT2D eigenvalue weighted by molar-refractivity contribution is -0.138. The third kappa shape index (κ3) is 2.89. The zero-order valence-corrected chi connectivity index (χ0v) is 16.4. The number of benzene rings is 2. The van der Waals surface area contributed by atoms with Crippen molar-refractivity contribution in [1.82, 2.24) is 10.9 Å². The standard InChI is InChI=1S/C21H19BrN2O3/c1-2-27-20(26)18-17(14-7-9-15(22)10-8-14)21(24-23-18)12-11-13-5-3-4-6-16(13)19(21)25/h3-10,23-24H,2,11-12H2,1H3/t21-/m1/s1. The van der Waals surface area contributed by atoms with Crippen molar-refractivity contribution in [3.8, 4) is 0 Å². The number of carbonyl (C=O) groups excluding carboxylic acids is 2. The molecule has 0 amide bonds. The van der Waals surface area contributed by atoms with Crippen LogP contribution in [-0.2, 0) is 16.0 Å². The minimum absolute atomic E-state index is 0.0333. The molecule has 0 saturated heterocycles. The second-order valence-electron chi connectivity index (χ2n) is 6.62. The minimum atomic E-state index is -0.996. The van der Waals surface area contributed by atoms with Gasteiger partial charge in [-0.15, -0.1) is 0 Å². The van der Waals surface area contributed by atoms with Gasteiger partial charge in [0.2, 0.25) is 0 Å². The molecule has 6 heteroatoms. The van der Waals surface area contributed by atoms with E-state index in [9.17, 15) is 9.59 Å². The third-order valence-corrected chi connectivity index (χ3v) is 5.64. The molecule has 1 atom stereocenters. The van der Waals surface area contributed by atoms with Gasteiger partial charge in [-0.05, 0) is 43.0 Å². The molecule has 0 fully saturated rings. The van der Waals surface area contributed by atoms with Crippen LogP contribution < -0.4 is 10.9 Å². The van der Waals surface area contributed by atoms with Crippen molar-refractivity contribution in [2.45, 2.75) is 25.3 Å². The van der Waals surface area contributed by atoms with Crippen LogP contribution in [0.5, 0.6) is 0 Å². The number of hydrogen-bond donors (Lipinski definition) is 2. The van der Waals surface area contributed by atoms with Gasteiger partial charge in [-0.25, -0.2) is 10.2 Å². The van der Waals surface area contributed by atoms with Gasteiger partial charge in [0.25, 0.3) is 0 Å². The van der Waals surface area contributed by atoms with Gasteiger partial charge in [0.15, 0.2) is 5.78 Å². The number of aryl methyl sites for hydroxylation is 1. The highest BCUT2D eigenvalue weighted by Gasteiger charge is 2.51. The van der Waals surface area contributed by atoms with Gasteiger partial charge in [0.05, 0.1) is 6.61 Å². The Hall–Kier alpha value is -2.44. The van der Waals surface area contributed by atoms with E-state index in [1.807, 2.05) is 48.5 Å². The molecular formula is C21H19BrN2O3. The van der Waals surface area contributed by atoms with Gasteiger partial charge in [-0.1, -0.05) is 52.3 Å². The Balaban J connectivity index is 1.89. The molecule has 5 nitrogen and oxygen atoms in total. The molecule has 0 aromatic heterocycles. The van der Waals surface area contributed by atoms with Crippen LogP contribution in [-0.4, -0.2) is 23.9 Å². The van der Waals surface area contributed by atoms with Crippen LogP contribution in [0.15, 0.2) is 58.7 Å². The van der Waals surface area contributed by atoms with Crippen molar-refractivity contribution in [3.63, 3.8) is 0 Å². The Bertz CT molecular complexity index is 952. The molecule has 2 aliphatic rings. The fraction of sp³-hybridized carbons (Fsp3) is 0.238. The van der Waals surface area contributed by atoms with Gasteiger partial charge in [-0.2, -0.15) is 0 Å². The summed E-state index contributed by atoms with van der Waals surface area (Å²) in [6.45, 7) is 2.03. The monoisotopic (exact) mass is 426 g/mol. The number of rotatable bonds is 3.